The van der Waals surface area contributed by atoms with Crippen molar-refractivity contribution >= 4 is 13.7 Å². The molecule has 0 bridgehead atoms. The van der Waals surface area contributed by atoms with E-state index in [1.54, 1.807) is 6.08 Å². The van der Waals surface area contributed by atoms with Crippen molar-refractivity contribution in [1.29, 1.82) is 0 Å². The minimum absolute atomic E-state index is 0.0642. The Bertz CT molecular complexity index is 819. The number of nitrogens with zero attached hydrogens (tertiary/aromatic N) is 1. The summed E-state index contributed by atoms with van der Waals surface area (Å²) in [6.45, 7) is 4.80. The maximum Gasteiger partial charge on any atom is 0.472 e. The van der Waals surface area contributed by atoms with E-state index in [4.69, 9.17) is 9.05 Å². The van der Waals surface area contributed by atoms with Gasteiger partial charge in [-0.3, -0.25) is 13.8 Å². The predicted molar refractivity (Wildman–Crippen MR) is 208 cm³/mol. The molecule has 0 aliphatic rings. The van der Waals surface area contributed by atoms with Crippen LogP contribution in [0.5, 0.6) is 0 Å². The number of rotatable bonds is 37. The molecule has 1 amide bonds. The third-order valence-electron chi connectivity index (χ3n) is 9.26. The first kappa shape index (κ1) is 48.2. The zero-order chi connectivity index (χ0) is 36.5. The highest BCUT2D eigenvalue weighted by molar-refractivity contribution is 7.47. The normalized spacial score (nSPS) is 14.7. The van der Waals surface area contributed by atoms with E-state index in [9.17, 15) is 19.4 Å². The van der Waals surface area contributed by atoms with Crippen molar-refractivity contribution in [3.8, 4) is 0 Å². The van der Waals surface area contributed by atoms with Crippen LogP contribution in [0, 0.1) is 0 Å². The van der Waals surface area contributed by atoms with Crippen molar-refractivity contribution in [3.05, 3.63) is 12.2 Å². The molecule has 9 heteroatoms. The van der Waals surface area contributed by atoms with Gasteiger partial charge in [-0.25, -0.2) is 4.57 Å². The molecule has 3 atom stereocenters. The second-order valence-electron chi connectivity index (χ2n) is 15.4. The van der Waals surface area contributed by atoms with E-state index in [0.717, 1.165) is 38.5 Å². The van der Waals surface area contributed by atoms with E-state index >= 15 is 0 Å². The minimum atomic E-state index is -4.32. The van der Waals surface area contributed by atoms with Crippen molar-refractivity contribution in [2.45, 2.75) is 199 Å². The summed E-state index contributed by atoms with van der Waals surface area (Å²) in [5.74, 6) is -0.177. The van der Waals surface area contributed by atoms with Crippen molar-refractivity contribution in [1.82, 2.24) is 5.32 Å². The number of nitrogens with one attached hydrogen (secondary N) is 1. The number of amides is 1. The quantitative estimate of drug-likeness (QED) is 0.0256. The minimum Gasteiger partial charge on any atom is -0.387 e. The highest BCUT2D eigenvalue weighted by Crippen LogP contribution is 2.43. The van der Waals surface area contributed by atoms with E-state index in [0.29, 0.717) is 17.4 Å². The fourth-order valence-electron chi connectivity index (χ4n) is 5.92. The van der Waals surface area contributed by atoms with Crippen LogP contribution in [0.25, 0.3) is 0 Å². The molecule has 0 saturated heterocycles. The molecule has 0 aromatic heterocycles. The van der Waals surface area contributed by atoms with Crippen molar-refractivity contribution in [3.63, 3.8) is 0 Å². The Balaban J connectivity index is 4.42. The molecule has 0 radical (unpaired) electrons. The molecule has 8 nitrogen and oxygen atoms in total. The second-order valence-corrected chi connectivity index (χ2v) is 16.8. The molecule has 0 heterocycles. The number of phosphoric acid groups is 1. The van der Waals surface area contributed by atoms with Crippen LogP contribution in [0.15, 0.2) is 12.2 Å². The first-order valence-corrected chi connectivity index (χ1v) is 22.1. The van der Waals surface area contributed by atoms with Gasteiger partial charge >= 0.3 is 7.82 Å². The molecular weight excluding hydrogens is 635 g/mol. The van der Waals surface area contributed by atoms with Gasteiger partial charge in [0, 0.05) is 6.42 Å². The van der Waals surface area contributed by atoms with Crippen LogP contribution in [-0.2, 0) is 18.4 Å². The fraction of sp³-hybridized carbons (Fsp3) is 0.925. The molecule has 0 saturated carbocycles. The van der Waals surface area contributed by atoms with Gasteiger partial charge in [0.15, 0.2) is 0 Å². The topological polar surface area (TPSA) is 105 Å². The number of aliphatic hydroxyl groups is 1. The zero-order valence-corrected chi connectivity index (χ0v) is 33.8. The smallest absolute Gasteiger partial charge is 0.387 e. The SMILES string of the molecule is CCCCCCCCCCC/C=C/C(O)C(COP(=O)(O)OCC[N+](C)(C)C)NC(=O)CCCCCCCCCCCCCCCCCC. The number of hydrogen-bond donors (Lipinski definition) is 3. The number of quaternary nitrogens is 1. The molecule has 0 aliphatic heterocycles. The highest BCUT2D eigenvalue weighted by atomic mass is 31.2. The van der Waals surface area contributed by atoms with Crippen molar-refractivity contribution < 1.29 is 32.9 Å². The van der Waals surface area contributed by atoms with Crippen molar-refractivity contribution in [2.24, 2.45) is 0 Å². The maximum atomic E-state index is 12.8. The summed E-state index contributed by atoms with van der Waals surface area (Å²) in [6, 6.07) is -0.838. The summed E-state index contributed by atoms with van der Waals surface area (Å²) in [6.07, 6.45) is 35.5. The van der Waals surface area contributed by atoms with Gasteiger partial charge < -0.3 is 19.8 Å². The maximum absolute atomic E-state index is 12.8. The van der Waals surface area contributed by atoms with E-state index in [2.05, 4.69) is 19.2 Å². The lowest BCUT2D eigenvalue weighted by Gasteiger charge is -2.25. The summed E-state index contributed by atoms with van der Waals surface area (Å²) in [4.78, 5) is 23.0. The average molecular weight is 718 g/mol. The molecule has 0 rings (SSSR count). The molecule has 0 fully saturated rings. The Morgan fingerprint density at radius 3 is 1.51 bits per heavy atom. The lowest BCUT2D eigenvalue weighted by molar-refractivity contribution is -0.870. The monoisotopic (exact) mass is 718 g/mol. The van der Waals surface area contributed by atoms with Gasteiger partial charge in [0.05, 0.1) is 39.9 Å². The lowest BCUT2D eigenvalue weighted by atomic mass is 10.0. The van der Waals surface area contributed by atoms with Crippen LogP contribution in [-0.4, -0.2) is 73.4 Å². The summed E-state index contributed by atoms with van der Waals surface area (Å²) in [5, 5.41) is 13.8. The predicted octanol–water partition coefficient (Wildman–Crippen LogP) is 10.8. The van der Waals surface area contributed by atoms with Gasteiger partial charge in [-0.2, -0.15) is 0 Å². The van der Waals surface area contributed by atoms with Crippen LogP contribution < -0.4 is 5.32 Å². The van der Waals surface area contributed by atoms with Gasteiger partial charge in [0.25, 0.3) is 0 Å². The first-order valence-electron chi connectivity index (χ1n) is 20.6. The Morgan fingerprint density at radius 2 is 1.08 bits per heavy atom. The van der Waals surface area contributed by atoms with Crippen LogP contribution in [0.2, 0.25) is 0 Å². The van der Waals surface area contributed by atoms with Crippen LogP contribution in [0.4, 0.5) is 0 Å². The molecule has 292 valence electrons. The number of aliphatic hydroxyl groups excluding tert-OH is 1. The number of unbranched alkanes of at least 4 members (excludes halogenated alkanes) is 24. The lowest BCUT2D eigenvalue weighted by Crippen LogP contribution is -2.45. The first-order chi connectivity index (χ1) is 23.5. The number of allylic oxidation sites excluding steroid dienone is 1. The molecular formula is C40H82N2O6P+. The van der Waals surface area contributed by atoms with Gasteiger partial charge in [-0.05, 0) is 19.3 Å². The zero-order valence-electron chi connectivity index (χ0n) is 32.9. The van der Waals surface area contributed by atoms with Crippen LogP contribution >= 0.6 is 7.82 Å². The average Bonchev–Trinajstić information content (AvgIpc) is 3.04. The largest absolute Gasteiger partial charge is 0.472 e. The molecule has 49 heavy (non-hydrogen) atoms. The molecule has 0 aliphatic carbocycles. The van der Waals surface area contributed by atoms with E-state index in [1.165, 1.54) is 128 Å². The number of carbonyl (C=O) groups is 1. The van der Waals surface area contributed by atoms with E-state index in [-0.39, 0.29) is 19.1 Å². The van der Waals surface area contributed by atoms with Gasteiger partial charge in [-0.1, -0.05) is 174 Å². The second kappa shape index (κ2) is 33.1. The van der Waals surface area contributed by atoms with E-state index < -0.39 is 20.0 Å². The summed E-state index contributed by atoms with van der Waals surface area (Å²) in [7, 11) is 1.58. The Hall–Kier alpha value is -0.760. The highest BCUT2D eigenvalue weighted by Gasteiger charge is 2.27. The molecule has 0 aromatic carbocycles. The Morgan fingerprint density at radius 1 is 0.673 bits per heavy atom. The van der Waals surface area contributed by atoms with E-state index in [1.807, 2.05) is 27.2 Å². The van der Waals surface area contributed by atoms with Gasteiger partial charge in [0.1, 0.15) is 13.2 Å². The fourth-order valence-corrected chi connectivity index (χ4v) is 6.66. The van der Waals surface area contributed by atoms with Crippen LogP contribution in [0.1, 0.15) is 187 Å². The van der Waals surface area contributed by atoms with Crippen LogP contribution in [0.3, 0.4) is 0 Å². The molecule has 0 aromatic rings. The third kappa shape index (κ3) is 35.4. The third-order valence-corrected chi connectivity index (χ3v) is 10.2. The number of phosphoric ester groups is 1. The number of carbonyl (C=O) groups excluding carboxylic acids is 1. The Kier molecular flexibility index (Phi) is 32.6. The van der Waals surface area contributed by atoms with Gasteiger partial charge in [0.2, 0.25) is 5.91 Å². The standard InChI is InChI=1S/C40H81N2O6P/c1-6-8-10-12-14-16-18-19-20-21-22-24-26-28-30-32-34-40(44)41-38(37-48-49(45,46)47-36-35-42(3,4)5)39(43)33-31-29-27-25-23-17-15-13-11-9-7-2/h31,33,38-39,43H,6-30,32,34-37H2,1-5H3,(H-,41,44,45,46)/p+1/b33-31+. The molecule has 0 spiro atoms. The van der Waals surface area contributed by atoms with Gasteiger partial charge in [-0.15, -0.1) is 0 Å². The summed E-state index contributed by atoms with van der Waals surface area (Å²) >= 11 is 0. The number of likely N-dealkylation sites (N-methyl/N-ethyl adjacent to an activating group) is 1. The number of hydrogen-bond acceptors (Lipinski definition) is 5. The van der Waals surface area contributed by atoms with Crippen molar-refractivity contribution in [2.75, 3.05) is 40.9 Å². The molecule has 3 unspecified atom stereocenters. The summed E-state index contributed by atoms with van der Waals surface area (Å²) in [5.41, 5.74) is 0. The Labute approximate surface area is 303 Å². The molecule has 3 N–H and O–H groups in total. The summed E-state index contributed by atoms with van der Waals surface area (Å²) < 4.78 is 23.5.